The summed E-state index contributed by atoms with van der Waals surface area (Å²) in [6.45, 7) is 3.51. The summed E-state index contributed by atoms with van der Waals surface area (Å²) in [6.07, 6.45) is 0.434. The third-order valence-corrected chi connectivity index (χ3v) is 3.46. The standard InChI is InChI=1S/C18H22N2O2/c1-14-6-3-4-7-15(14)13-19-11-10-18(21)20-16-8-5-9-17(12-16)22-2/h3-9,12,19H,10-11,13H2,1-2H3,(H,20,21). The molecule has 0 aliphatic carbocycles. The first-order valence-electron chi connectivity index (χ1n) is 7.38. The van der Waals surface area contributed by atoms with Gasteiger partial charge in [0.2, 0.25) is 5.91 Å². The van der Waals surface area contributed by atoms with Crippen LogP contribution in [0.2, 0.25) is 0 Å². The van der Waals surface area contributed by atoms with E-state index in [0.717, 1.165) is 18.0 Å². The second-order valence-corrected chi connectivity index (χ2v) is 5.13. The third kappa shape index (κ3) is 4.90. The molecule has 1 amide bonds. The second kappa shape index (κ2) is 8.20. The van der Waals surface area contributed by atoms with Gasteiger partial charge in [-0.25, -0.2) is 0 Å². The quantitative estimate of drug-likeness (QED) is 0.772. The van der Waals surface area contributed by atoms with Crippen LogP contribution in [0.5, 0.6) is 5.75 Å². The Morgan fingerprint density at radius 3 is 2.73 bits per heavy atom. The summed E-state index contributed by atoms with van der Waals surface area (Å²) in [5.41, 5.74) is 3.27. The monoisotopic (exact) mass is 298 g/mol. The summed E-state index contributed by atoms with van der Waals surface area (Å²) in [6, 6.07) is 15.6. The molecular formula is C18H22N2O2. The molecular weight excluding hydrogens is 276 g/mol. The molecule has 2 aromatic rings. The predicted octanol–water partition coefficient (Wildman–Crippen LogP) is 3.12. The van der Waals surface area contributed by atoms with Crippen LogP contribution < -0.4 is 15.4 Å². The SMILES string of the molecule is COc1cccc(NC(=O)CCNCc2ccccc2C)c1. The van der Waals surface area contributed by atoms with Crippen molar-refractivity contribution in [2.75, 3.05) is 19.0 Å². The Labute approximate surface area is 131 Å². The number of carbonyl (C=O) groups is 1. The van der Waals surface area contributed by atoms with E-state index in [1.165, 1.54) is 11.1 Å². The first-order chi connectivity index (χ1) is 10.7. The number of hydrogen-bond donors (Lipinski definition) is 2. The van der Waals surface area contributed by atoms with E-state index in [0.29, 0.717) is 13.0 Å². The van der Waals surface area contributed by atoms with Crippen LogP contribution >= 0.6 is 0 Å². The number of carbonyl (C=O) groups excluding carboxylic acids is 1. The van der Waals surface area contributed by atoms with E-state index in [1.54, 1.807) is 13.2 Å². The van der Waals surface area contributed by atoms with Crippen molar-refractivity contribution < 1.29 is 9.53 Å². The lowest BCUT2D eigenvalue weighted by Gasteiger charge is -2.09. The van der Waals surface area contributed by atoms with Crippen molar-refractivity contribution in [1.82, 2.24) is 5.32 Å². The topological polar surface area (TPSA) is 50.4 Å². The van der Waals surface area contributed by atoms with Gasteiger partial charge in [-0.15, -0.1) is 0 Å². The van der Waals surface area contributed by atoms with Crippen LogP contribution in [0.15, 0.2) is 48.5 Å². The van der Waals surface area contributed by atoms with Gasteiger partial charge >= 0.3 is 0 Å². The van der Waals surface area contributed by atoms with E-state index in [4.69, 9.17) is 4.74 Å². The predicted molar refractivity (Wildman–Crippen MR) is 89.1 cm³/mol. The molecule has 4 heteroatoms. The van der Waals surface area contributed by atoms with Crippen LogP contribution in [-0.2, 0) is 11.3 Å². The Balaban J connectivity index is 1.73. The number of anilines is 1. The molecule has 2 aromatic carbocycles. The fourth-order valence-electron chi connectivity index (χ4n) is 2.16. The van der Waals surface area contributed by atoms with Gasteiger partial charge in [-0.2, -0.15) is 0 Å². The Morgan fingerprint density at radius 1 is 1.14 bits per heavy atom. The van der Waals surface area contributed by atoms with E-state index in [1.807, 2.05) is 30.3 Å². The van der Waals surface area contributed by atoms with Gasteiger partial charge in [0.1, 0.15) is 5.75 Å². The molecule has 0 saturated carbocycles. The van der Waals surface area contributed by atoms with Crippen molar-refractivity contribution in [3.05, 3.63) is 59.7 Å². The Morgan fingerprint density at radius 2 is 1.95 bits per heavy atom. The van der Waals surface area contributed by atoms with Gasteiger partial charge in [0.25, 0.3) is 0 Å². The molecule has 0 spiro atoms. The van der Waals surface area contributed by atoms with Crippen molar-refractivity contribution >= 4 is 11.6 Å². The largest absolute Gasteiger partial charge is 0.497 e. The number of methoxy groups -OCH3 is 1. The summed E-state index contributed by atoms with van der Waals surface area (Å²) in [7, 11) is 1.61. The molecule has 0 saturated heterocycles. The molecule has 0 atom stereocenters. The zero-order chi connectivity index (χ0) is 15.8. The van der Waals surface area contributed by atoms with Gasteiger partial charge in [-0.1, -0.05) is 30.3 Å². The lowest BCUT2D eigenvalue weighted by Crippen LogP contribution is -2.21. The maximum Gasteiger partial charge on any atom is 0.225 e. The number of rotatable bonds is 7. The number of aryl methyl sites for hydroxylation is 1. The second-order valence-electron chi connectivity index (χ2n) is 5.13. The number of amides is 1. The number of benzene rings is 2. The molecule has 116 valence electrons. The van der Waals surface area contributed by atoms with Crippen LogP contribution in [0.4, 0.5) is 5.69 Å². The Bertz CT molecular complexity index is 626. The van der Waals surface area contributed by atoms with Crippen molar-refractivity contribution in [2.24, 2.45) is 0 Å². The normalized spacial score (nSPS) is 10.3. The minimum Gasteiger partial charge on any atom is -0.497 e. The van der Waals surface area contributed by atoms with Crippen LogP contribution in [0.1, 0.15) is 17.5 Å². The average Bonchev–Trinajstić information content (AvgIpc) is 2.53. The molecule has 0 aliphatic rings. The van der Waals surface area contributed by atoms with Gasteiger partial charge in [0, 0.05) is 31.3 Å². The van der Waals surface area contributed by atoms with Crippen LogP contribution in [0.3, 0.4) is 0 Å². The van der Waals surface area contributed by atoms with E-state index >= 15 is 0 Å². The highest BCUT2D eigenvalue weighted by Crippen LogP contribution is 2.16. The highest BCUT2D eigenvalue weighted by atomic mass is 16.5. The highest BCUT2D eigenvalue weighted by molar-refractivity contribution is 5.90. The average molecular weight is 298 g/mol. The first kappa shape index (κ1) is 16.0. The molecule has 0 fully saturated rings. The van der Waals surface area contributed by atoms with E-state index in [-0.39, 0.29) is 5.91 Å². The van der Waals surface area contributed by atoms with Crippen LogP contribution in [-0.4, -0.2) is 19.6 Å². The zero-order valence-corrected chi connectivity index (χ0v) is 13.1. The summed E-state index contributed by atoms with van der Waals surface area (Å²) in [5.74, 6) is 0.723. The van der Waals surface area contributed by atoms with Gasteiger partial charge in [-0.05, 0) is 30.2 Å². The zero-order valence-electron chi connectivity index (χ0n) is 13.1. The minimum atomic E-state index is -0.00876. The minimum absolute atomic E-state index is 0.00876. The summed E-state index contributed by atoms with van der Waals surface area (Å²) in [4.78, 5) is 11.9. The van der Waals surface area contributed by atoms with Crippen molar-refractivity contribution in [3.8, 4) is 5.75 Å². The van der Waals surface area contributed by atoms with Gasteiger partial charge in [-0.3, -0.25) is 4.79 Å². The van der Waals surface area contributed by atoms with E-state index in [9.17, 15) is 4.79 Å². The Hall–Kier alpha value is -2.33. The lowest BCUT2D eigenvalue weighted by atomic mass is 10.1. The molecule has 2 N–H and O–H groups in total. The fourth-order valence-corrected chi connectivity index (χ4v) is 2.16. The number of hydrogen-bond acceptors (Lipinski definition) is 3. The smallest absolute Gasteiger partial charge is 0.225 e. The molecule has 0 aromatic heterocycles. The van der Waals surface area contributed by atoms with Crippen molar-refractivity contribution in [2.45, 2.75) is 19.9 Å². The molecule has 0 aliphatic heterocycles. The maximum atomic E-state index is 11.9. The van der Waals surface area contributed by atoms with Crippen molar-refractivity contribution in [3.63, 3.8) is 0 Å². The molecule has 2 rings (SSSR count). The summed E-state index contributed by atoms with van der Waals surface area (Å²) >= 11 is 0. The summed E-state index contributed by atoms with van der Waals surface area (Å²) in [5, 5.41) is 6.16. The number of nitrogens with one attached hydrogen (secondary N) is 2. The fraction of sp³-hybridized carbons (Fsp3) is 0.278. The van der Waals surface area contributed by atoms with Gasteiger partial charge in [0.15, 0.2) is 0 Å². The lowest BCUT2D eigenvalue weighted by molar-refractivity contribution is -0.116. The first-order valence-corrected chi connectivity index (χ1v) is 7.38. The highest BCUT2D eigenvalue weighted by Gasteiger charge is 2.03. The number of ether oxygens (including phenoxy) is 1. The molecule has 0 unspecified atom stereocenters. The van der Waals surface area contributed by atoms with Gasteiger partial charge in [0.05, 0.1) is 7.11 Å². The molecule has 22 heavy (non-hydrogen) atoms. The van der Waals surface area contributed by atoms with Crippen molar-refractivity contribution in [1.29, 1.82) is 0 Å². The third-order valence-electron chi connectivity index (χ3n) is 3.46. The molecule has 0 bridgehead atoms. The molecule has 4 nitrogen and oxygen atoms in total. The van der Waals surface area contributed by atoms with Crippen LogP contribution in [0, 0.1) is 6.92 Å². The Kier molecular flexibility index (Phi) is 5.98. The van der Waals surface area contributed by atoms with Crippen LogP contribution in [0.25, 0.3) is 0 Å². The molecule has 0 heterocycles. The van der Waals surface area contributed by atoms with E-state index < -0.39 is 0 Å². The molecule has 0 radical (unpaired) electrons. The summed E-state index contributed by atoms with van der Waals surface area (Å²) < 4.78 is 5.13. The maximum absolute atomic E-state index is 11.9. The van der Waals surface area contributed by atoms with E-state index in [2.05, 4.69) is 29.7 Å². The van der Waals surface area contributed by atoms with Gasteiger partial charge < -0.3 is 15.4 Å².